The van der Waals surface area contributed by atoms with Gasteiger partial charge in [0.05, 0.1) is 24.1 Å². The van der Waals surface area contributed by atoms with Gasteiger partial charge in [-0.2, -0.15) is 10.4 Å². The largest absolute Gasteiger partial charge is 0.496 e. The van der Waals surface area contributed by atoms with E-state index < -0.39 is 10.8 Å². The molecule has 1 aromatic carbocycles. The number of hydrogen-bond donors (Lipinski definition) is 0. The van der Waals surface area contributed by atoms with Crippen molar-refractivity contribution in [3.05, 3.63) is 47.2 Å². The number of aryl methyl sites for hydroxylation is 1. The zero-order chi connectivity index (χ0) is 20.3. The molecule has 0 N–H and O–H groups in total. The van der Waals surface area contributed by atoms with Gasteiger partial charge in [0.2, 0.25) is 0 Å². The molecule has 2 aliphatic rings. The molecule has 0 radical (unpaired) electrons. The van der Waals surface area contributed by atoms with E-state index in [2.05, 4.69) is 19.1 Å². The summed E-state index contributed by atoms with van der Waals surface area (Å²) in [6.45, 7) is 6.06. The Balaban J connectivity index is 1.97. The quantitative estimate of drug-likeness (QED) is 0.796. The minimum absolute atomic E-state index is 0.0539. The summed E-state index contributed by atoms with van der Waals surface area (Å²) in [7, 11) is 3.63. The highest BCUT2D eigenvalue weighted by Crippen LogP contribution is 2.55. The van der Waals surface area contributed by atoms with Gasteiger partial charge in [0.25, 0.3) is 0 Å². The predicted molar refractivity (Wildman–Crippen MR) is 107 cm³/mol. The van der Waals surface area contributed by atoms with Gasteiger partial charge in [0.1, 0.15) is 11.8 Å². The van der Waals surface area contributed by atoms with Crippen LogP contribution in [0.15, 0.2) is 35.9 Å². The van der Waals surface area contributed by atoms with E-state index in [0.717, 1.165) is 35.5 Å². The fourth-order valence-corrected chi connectivity index (χ4v) is 5.40. The molecule has 144 valence electrons. The van der Waals surface area contributed by atoms with Gasteiger partial charge in [-0.15, -0.1) is 0 Å². The number of hydrogen-bond acceptors (Lipinski definition) is 4. The van der Waals surface area contributed by atoms with Crippen LogP contribution in [0.2, 0.25) is 0 Å². The van der Waals surface area contributed by atoms with Crippen LogP contribution in [-0.4, -0.2) is 22.7 Å². The van der Waals surface area contributed by atoms with Crippen molar-refractivity contribution in [1.29, 1.82) is 5.26 Å². The van der Waals surface area contributed by atoms with Gasteiger partial charge in [-0.3, -0.25) is 9.48 Å². The van der Waals surface area contributed by atoms with E-state index in [-0.39, 0.29) is 17.3 Å². The number of benzene rings is 1. The van der Waals surface area contributed by atoms with E-state index >= 15 is 0 Å². The third kappa shape index (κ3) is 2.30. The standard InChI is InChI=1S/C23H25N3O2/c1-22(2)18-11-10-16-19(15-8-6-7-9-17(15)28-5)26(4)25-20(16)23(18,3)12-14(13-24)21(22)27/h6-9,12,18H,10-11H2,1-5H3. The predicted octanol–water partition coefficient (Wildman–Crippen LogP) is 3.97. The second-order valence-electron chi connectivity index (χ2n) is 8.59. The topological polar surface area (TPSA) is 67.9 Å². The minimum atomic E-state index is -0.589. The minimum Gasteiger partial charge on any atom is -0.496 e. The van der Waals surface area contributed by atoms with Crippen molar-refractivity contribution >= 4 is 5.78 Å². The summed E-state index contributed by atoms with van der Waals surface area (Å²) >= 11 is 0. The smallest absolute Gasteiger partial charge is 0.178 e. The number of methoxy groups -OCH3 is 1. The number of Topliss-reactive ketones (excluding diaryl/α,β-unsaturated/α-hetero) is 1. The summed E-state index contributed by atoms with van der Waals surface area (Å²) in [6, 6.07) is 10.1. The van der Waals surface area contributed by atoms with Crippen molar-refractivity contribution in [3.63, 3.8) is 0 Å². The van der Waals surface area contributed by atoms with Crippen molar-refractivity contribution in [3.8, 4) is 23.1 Å². The summed E-state index contributed by atoms with van der Waals surface area (Å²) in [5.74, 6) is 0.868. The number of fused-ring (bicyclic) bond motifs is 3. The molecule has 2 atom stereocenters. The van der Waals surface area contributed by atoms with E-state index in [9.17, 15) is 10.1 Å². The average molecular weight is 375 g/mol. The van der Waals surface area contributed by atoms with Crippen molar-refractivity contribution < 1.29 is 9.53 Å². The zero-order valence-corrected chi connectivity index (χ0v) is 17.0. The molecule has 0 amide bonds. The first kappa shape index (κ1) is 18.5. The molecule has 1 heterocycles. The molecule has 0 aliphatic heterocycles. The molecular formula is C23H25N3O2. The van der Waals surface area contributed by atoms with E-state index in [1.807, 2.05) is 49.9 Å². The normalized spacial score (nSPS) is 25.4. The number of rotatable bonds is 2. The lowest BCUT2D eigenvalue weighted by Crippen LogP contribution is -2.51. The van der Waals surface area contributed by atoms with Gasteiger partial charge in [0.15, 0.2) is 5.78 Å². The fraction of sp³-hybridized carbons (Fsp3) is 0.435. The number of allylic oxidation sites excluding steroid dienone is 2. The number of para-hydroxylation sites is 1. The maximum atomic E-state index is 12.8. The average Bonchev–Trinajstić information content (AvgIpc) is 3.02. The van der Waals surface area contributed by atoms with Crippen LogP contribution in [-0.2, 0) is 23.7 Å². The van der Waals surface area contributed by atoms with Gasteiger partial charge in [-0.1, -0.05) is 39.0 Å². The molecule has 1 aromatic heterocycles. The SMILES string of the molecule is COc1ccccc1-c1c2c(nn1C)C1(C)C=C(C#N)C(=O)C(C)(C)C1CC2. The second kappa shape index (κ2) is 6.07. The highest BCUT2D eigenvalue weighted by atomic mass is 16.5. The highest BCUT2D eigenvalue weighted by molar-refractivity contribution is 6.04. The Morgan fingerprint density at radius 3 is 2.68 bits per heavy atom. The maximum absolute atomic E-state index is 12.8. The van der Waals surface area contributed by atoms with Crippen LogP contribution >= 0.6 is 0 Å². The molecule has 4 rings (SSSR count). The Bertz CT molecular complexity index is 1050. The number of carbonyl (C=O) groups excluding carboxylic acids is 1. The molecular weight excluding hydrogens is 350 g/mol. The van der Waals surface area contributed by atoms with Gasteiger partial charge < -0.3 is 4.74 Å². The van der Waals surface area contributed by atoms with E-state index in [1.165, 1.54) is 5.56 Å². The van der Waals surface area contributed by atoms with Crippen molar-refractivity contribution in [2.75, 3.05) is 7.11 Å². The van der Waals surface area contributed by atoms with Crippen molar-refractivity contribution in [2.24, 2.45) is 18.4 Å². The third-order valence-corrected chi connectivity index (χ3v) is 6.69. The molecule has 2 unspecified atom stereocenters. The number of ether oxygens (including phenoxy) is 1. The van der Waals surface area contributed by atoms with E-state index in [0.29, 0.717) is 0 Å². The molecule has 2 aromatic rings. The molecule has 28 heavy (non-hydrogen) atoms. The first-order valence-corrected chi connectivity index (χ1v) is 9.63. The van der Waals surface area contributed by atoms with Crippen molar-refractivity contribution in [1.82, 2.24) is 9.78 Å². The molecule has 0 spiro atoms. The Morgan fingerprint density at radius 2 is 2.00 bits per heavy atom. The number of ketones is 1. The summed E-state index contributed by atoms with van der Waals surface area (Å²) in [6.07, 6.45) is 3.59. The van der Waals surface area contributed by atoms with E-state index in [4.69, 9.17) is 9.84 Å². The first-order chi connectivity index (χ1) is 13.3. The summed E-state index contributed by atoms with van der Waals surface area (Å²) in [5.41, 5.74) is 3.43. The molecule has 0 saturated heterocycles. The Morgan fingerprint density at radius 1 is 1.29 bits per heavy atom. The lowest BCUT2D eigenvalue weighted by molar-refractivity contribution is -0.128. The van der Waals surface area contributed by atoms with Gasteiger partial charge in [-0.25, -0.2) is 0 Å². The van der Waals surface area contributed by atoms with Gasteiger partial charge in [-0.05, 0) is 30.9 Å². The first-order valence-electron chi connectivity index (χ1n) is 9.63. The second-order valence-corrected chi connectivity index (χ2v) is 8.59. The number of carbonyl (C=O) groups is 1. The monoisotopic (exact) mass is 375 g/mol. The Labute approximate surface area is 165 Å². The maximum Gasteiger partial charge on any atom is 0.178 e. The van der Waals surface area contributed by atoms with E-state index in [1.54, 1.807) is 7.11 Å². The van der Waals surface area contributed by atoms with Crippen LogP contribution < -0.4 is 4.74 Å². The molecule has 5 nitrogen and oxygen atoms in total. The lowest BCUT2D eigenvalue weighted by atomic mass is 9.52. The zero-order valence-electron chi connectivity index (χ0n) is 17.0. The Kier molecular flexibility index (Phi) is 4.01. The van der Waals surface area contributed by atoms with Crippen LogP contribution in [0.5, 0.6) is 5.75 Å². The fourth-order valence-electron chi connectivity index (χ4n) is 5.40. The summed E-state index contributed by atoms with van der Waals surface area (Å²) < 4.78 is 7.50. The van der Waals surface area contributed by atoms with Crippen molar-refractivity contribution in [2.45, 2.75) is 39.0 Å². The molecule has 2 aliphatic carbocycles. The Hall–Kier alpha value is -2.87. The van der Waals surface area contributed by atoms with Gasteiger partial charge >= 0.3 is 0 Å². The van der Waals surface area contributed by atoms with Crippen LogP contribution in [0.25, 0.3) is 11.3 Å². The van der Waals surface area contributed by atoms with Crippen LogP contribution in [0.1, 0.15) is 38.4 Å². The molecule has 0 bridgehead atoms. The number of nitriles is 1. The third-order valence-electron chi connectivity index (χ3n) is 6.69. The van der Waals surface area contributed by atoms with Gasteiger partial charge in [0, 0.05) is 29.0 Å². The molecule has 0 saturated carbocycles. The molecule has 5 heteroatoms. The number of aromatic nitrogens is 2. The van der Waals surface area contributed by atoms with Crippen LogP contribution in [0, 0.1) is 22.7 Å². The summed E-state index contributed by atoms with van der Waals surface area (Å²) in [4.78, 5) is 12.8. The van der Waals surface area contributed by atoms with Crippen LogP contribution in [0.4, 0.5) is 0 Å². The highest BCUT2D eigenvalue weighted by Gasteiger charge is 2.55. The molecule has 0 fully saturated rings. The number of nitrogens with zero attached hydrogens (tertiary/aromatic N) is 3. The van der Waals surface area contributed by atoms with Crippen LogP contribution in [0.3, 0.4) is 0 Å². The summed E-state index contributed by atoms with van der Waals surface area (Å²) in [5, 5.41) is 14.5. The lowest BCUT2D eigenvalue weighted by Gasteiger charge is -2.49.